The second-order valence-corrected chi connectivity index (χ2v) is 6.74. The highest BCUT2D eigenvalue weighted by Crippen LogP contribution is 2.26. The molecule has 2 rings (SSSR count). The Kier molecular flexibility index (Phi) is 5.88. The summed E-state index contributed by atoms with van der Waals surface area (Å²) >= 11 is 1.70. The molecule has 1 aliphatic rings. The lowest BCUT2D eigenvalue weighted by atomic mass is 10.1. The molecular weight excluding hydrogens is 282 g/mol. The van der Waals surface area contributed by atoms with Crippen LogP contribution in [0, 0.1) is 5.92 Å². The molecule has 1 N–H and O–H groups in total. The van der Waals surface area contributed by atoms with Crippen LogP contribution in [0.25, 0.3) is 0 Å². The van der Waals surface area contributed by atoms with Gasteiger partial charge in [-0.3, -0.25) is 4.79 Å². The second-order valence-electron chi connectivity index (χ2n) is 5.68. The molecule has 4 heteroatoms. The summed E-state index contributed by atoms with van der Waals surface area (Å²) in [6, 6.07) is 7.80. The van der Waals surface area contributed by atoms with E-state index in [2.05, 4.69) is 19.9 Å². The fourth-order valence-corrected chi connectivity index (χ4v) is 3.49. The van der Waals surface area contributed by atoms with Crippen LogP contribution < -0.4 is 0 Å². The van der Waals surface area contributed by atoms with Crippen LogP contribution in [0.1, 0.15) is 30.6 Å². The van der Waals surface area contributed by atoms with Gasteiger partial charge in [-0.05, 0) is 32.4 Å². The first kappa shape index (κ1) is 16.1. The number of benzene rings is 1. The van der Waals surface area contributed by atoms with Gasteiger partial charge >= 0.3 is 0 Å². The van der Waals surface area contributed by atoms with E-state index in [4.69, 9.17) is 0 Å². The van der Waals surface area contributed by atoms with E-state index in [9.17, 15) is 9.90 Å². The number of amides is 1. The van der Waals surface area contributed by atoms with Crippen molar-refractivity contribution >= 4 is 17.7 Å². The summed E-state index contributed by atoms with van der Waals surface area (Å²) in [5, 5.41) is 9.21. The molecule has 21 heavy (non-hydrogen) atoms. The highest BCUT2D eigenvalue weighted by Gasteiger charge is 2.27. The van der Waals surface area contributed by atoms with Crippen LogP contribution in [0.3, 0.4) is 0 Å². The lowest BCUT2D eigenvalue weighted by Crippen LogP contribution is -2.29. The standard InChI is InChI=1S/C17H23NO2S/c1-13(2)8-10-21-16-6-4-3-5-15(16)17(20)18-9-7-14(11-18)12-19/h3-6,8,14,19H,7,9-12H2,1-2H3. The van der Waals surface area contributed by atoms with Gasteiger partial charge < -0.3 is 10.0 Å². The van der Waals surface area contributed by atoms with E-state index in [1.54, 1.807) is 11.8 Å². The number of hydrogen-bond acceptors (Lipinski definition) is 3. The minimum Gasteiger partial charge on any atom is -0.396 e. The van der Waals surface area contributed by atoms with Gasteiger partial charge in [-0.2, -0.15) is 0 Å². The second kappa shape index (κ2) is 7.66. The highest BCUT2D eigenvalue weighted by atomic mass is 32.2. The normalized spacial score (nSPS) is 17.9. The number of hydrogen-bond donors (Lipinski definition) is 1. The fraction of sp³-hybridized carbons (Fsp3) is 0.471. The summed E-state index contributed by atoms with van der Waals surface area (Å²) in [5.41, 5.74) is 2.07. The number of allylic oxidation sites excluding steroid dienone is 1. The Bertz CT molecular complexity index is 523. The smallest absolute Gasteiger partial charge is 0.254 e. The maximum atomic E-state index is 12.6. The van der Waals surface area contributed by atoms with Gasteiger partial charge in [0.1, 0.15) is 0 Å². The monoisotopic (exact) mass is 305 g/mol. The first-order chi connectivity index (χ1) is 10.1. The van der Waals surface area contributed by atoms with Crippen molar-refractivity contribution in [3.8, 4) is 0 Å². The van der Waals surface area contributed by atoms with Gasteiger partial charge in [0.05, 0.1) is 5.56 Å². The Morgan fingerprint density at radius 1 is 1.43 bits per heavy atom. The van der Waals surface area contributed by atoms with E-state index in [1.165, 1.54) is 5.57 Å². The van der Waals surface area contributed by atoms with Crippen LogP contribution in [0.4, 0.5) is 0 Å². The zero-order valence-corrected chi connectivity index (χ0v) is 13.5. The third-order valence-corrected chi connectivity index (χ3v) is 4.68. The lowest BCUT2D eigenvalue weighted by Gasteiger charge is -2.18. The zero-order valence-electron chi connectivity index (χ0n) is 12.7. The Morgan fingerprint density at radius 3 is 2.86 bits per heavy atom. The summed E-state index contributed by atoms with van der Waals surface area (Å²) in [6.07, 6.45) is 3.07. The Morgan fingerprint density at radius 2 is 2.19 bits per heavy atom. The van der Waals surface area contributed by atoms with Gasteiger partial charge in [-0.15, -0.1) is 11.8 Å². The van der Waals surface area contributed by atoms with Gasteiger partial charge in [0.2, 0.25) is 0 Å². The fourth-order valence-electron chi connectivity index (χ4n) is 2.40. The van der Waals surface area contributed by atoms with Gasteiger partial charge in [0, 0.05) is 36.3 Å². The molecule has 3 nitrogen and oxygen atoms in total. The molecule has 114 valence electrons. The molecule has 1 aromatic rings. The van der Waals surface area contributed by atoms with E-state index in [0.29, 0.717) is 6.54 Å². The van der Waals surface area contributed by atoms with Crippen molar-refractivity contribution in [2.75, 3.05) is 25.4 Å². The average molecular weight is 305 g/mol. The number of rotatable bonds is 5. The van der Waals surface area contributed by atoms with Gasteiger partial charge in [-0.25, -0.2) is 0 Å². The van der Waals surface area contributed by atoms with Gasteiger partial charge in [-0.1, -0.05) is 23.8 Å². The number of thioether (sulfide) groups is 1. The number of nitrogens with zero attached hydrogens (tertiary/aromatic N) is 1. The predicted molar refractivity (Wildman–Crippen MR) is 87.7 cm³/mol. The van der Waals surface area contributed by atoms with Crippen molar-refractivity contribution in [3.05, 3.63) is 41.5 Å². The van der Waals surface area contributed by atoms with Crippen LogP contribution >= 0.6 is 11.8 Å². The molecule has 0 aromatic heterocycles. The summed E-state index contributed by atoms with van der Waals surface area (Å²) in [4.78, 5) is 15.5. The maximum Gasteiger partial charge on any atom is 0.254 e. The number of aliphatic hydroxyl groups excluding tert-OH is 1. The Hall–Kier alpha value is -1.26. The largest absolute Gasteiger partial charge is 0.396 e. The van der Waals surface area contributed by atoms with E-state index in [1.807, 2.05) is 29.2 Å². The minimum atomic E-state index is 0.0891. The molecule has 1 saturated heterocycles. The molecule has 1 unspecified atom stereocenters. The SMILES string of the molecule is CC(C)=CCSc1ccccc1C(=O)N1CCC(CO)C1. The molecule has 1 heterocycles. The first-order valence-corrected chi connectivity index (χ1v) is 8.35. The van der Waals surface area contributed by atoms with Crippen molar-refractivity contribution in [2.24, 2.45) is 5.92 Å². The quantitative estimate of drug-likeness (QED) is 0.671. The number of aliphatic hydroxyl groups is 1. The van der Waals surface area contributed by atoms with E-state index in [0.717, 1.165) is 29.2 Å². The van der Waals surface area contributed by atoms with Crippen molar-refractivity contribution in [1.82, 2.24) is 4.90 Å². The van der Waals surface area contributed by atoms with E-state index < -0.39 is 0 Å². The lowest BCUT2D eigenvalue weighted by molar-refractivity contribution is 0.0778. The highest BCUT2D eigenvalue weighted by molar-refractivity contribution is 7.99. The van der Waals surface area contributed by atoms with E-state index in [-0.39, 0.29) is 18.4 Å². The van der Waals surface area contributed by atoms with E-state index >= 15 is 0 Å². The Balaban J connectivity index is 2.08. The first-order valence-electron chi connectivity index (χ1n) is 7.37. The molecule has 0 spiro atoms. The molecule has 0 bridgehead atoms. The molecule has 1 atom stereocenters. The molecule has 1 fully saturated rings. The van der Waals surface area contributed by atoms with Crippen molar-refractivity contribution in [3.63, 3.8) is 0 Å². The minimum absolute atomic E-state index is 0.0891. The molecule has 1 aromatic carbocycles. The van der Waals surface area contributed by atoms with Crippen LogP contribution in [-0.4, -0.2) is 41.4 Å². The van der Waals surface area contributed by atoms with Gasteiger partial charge in [0.25, 0.3) is 5.91 Å². The van der Waals surface area contributed by atoms with Crippen molar-refractivity contribution in [2.45, 2.75) is 25.2 Å². The molecule has 0 radical (unpaired) electrons. The third kappa shape index (κ3) is 4.35. The van der Waals surface area contributed by atoms with Gasteiger partial charge in [0.15, 0.2) is 0 Å². The van der Waals surface area contributed by atoms with Crippen LogP contribution in [0.2, 0.25) is 0 Å². The summed E-state index contributed by atoms with van der Waals surface area (Å²) < 4.78 is 0. The summed E-state index contributed by atoms with van der Waals surface area (Å²) in [7, 11) is 0. The average Bonchev–Trinajstić information content (AvgIpc) is 2.95. The topological polar surface area (TPSA) is 40.5 Å². The molecule has 1 aliphatic heterocycles. The van der Waals surface area contributed by atoms with Crippen molar-refractivity contribution in [1.29, 1.82) is 0 Å². The molecule has 1 amide bonds. The third-order valence-electron chi connectivity index (χ3n) is 3.68. The molecular formula is C17H23NO2S. The number of carbonyl (C=O) groups is 1. The summed E-state index contributed by atoms with van der Waals surface area (Å²) in [6.45, 7) is 5.74. The number of carbonyl (C=O) groups excluding carboxylic acids is 1. The zero-order chi connectivity index (χ0) is 15.2. The summed E-state index contributed by atoms with van der Waals surface area (Å²) in [5.74, 6) is 1.21. The number of likely N-dealkylation sites (tertiary alicyclic amines) is 1. The molecule has 0 aliphatic carbocycles. The maximum absolute atomic E-state index is 12.6. The van der Waals surface area contributed by atoms with Crippen LogP contribution in [0.15, 0.2) is 40.8 Å². The predicted octanol–water partition coefficient (Wildman–Crippen LogP) is 3.20. The van der Waals surface area contributed by atoms with Crippen LogP contribution in [-0.2, 0) is 0 Å². The van der Waals surface area contributed by atoms with Crippen molar-refractivity contribution < 1.29 is 9.90 Å². The molecule has 0 saturated carbocycles. The van der Waals surface area contributed by atoms with Crippen LogP contribution in [0.5, 0.6) is 0 Å². The Labute approximate surface area is 131 Å².